The van der Waals surface area contributed by atoms with Crippen LogP contribution in [-0.2, 0) is 12.6 Å². The van der Waals surface area contributed by atoms with E-state index in [1.54, 1.807) is 24.3 Å². The van der Waals surface area contributed by atoms with Crippen LogP contribution in [0.3, 0.4) is 0 Å². The number of aromatic nitrogens is 1. The number of nitrogens with one attached hydrogen (secondary N) is 1. The molecule has 4 aromatic rings. The first-order chi connectivity index (χ1) is 14.3. The first-order valence-corrected chi connectivity index (χ1v) is 10.2. The van der Waals surface area contributed by atoms with Gasteiger partial charge in [0.15, 0.2) is 5.78 Å². The molecule has 0 saturated heterocycles. The van der Waals surface area contributed by atoms with Crippen molar-refractivity contribution in [2.24, 2.45) is 0 Å². The predicted molar refractivity (Wildman–Crippen MR) is 114 cm³/mol. The maximum absolute atomic E-state index is 12.9. The number of anilines is 2. The number of fused-ring (bicyclic) bond motifs is 1. The maximum atomic E-state index is 12.9. The summed E-state index contributed by atoms with van der Waals surface area (Å²) in [6.45, 7) is 0. The van der Waals surface area contributed by atoms with E-state index in [0.717, 1.165) is 33.7 Å². The number of nitrogens with zero attached hydrogens (tertiary/aromatic N) is 1. The van der Waals surface area contributed by atoms with Gasteiger partial charge in [0.1, 0.15) is 9.98 Å². The second kappa shape index (κ2) is 8.08. The highest BCUT2D eigenvalue weighted by Gasteiger charge is 2.30. The van der Waals surface area contributed by atoms with Gasteiger partial charge in [-0.3, -0.25) is 4.79 Å². The van der Waals surface area contributed by atoms with Crippen LogP contribution in [0.15, 0.2) is 66.0 Å². The number of Topliss-reactive ketones (excluding diaryl/α,β-unsaturated/α-hetero) is 1. The average molecular weight is 447 g/mol. The number of halogens is 4. The zero-order valence-electron chi connectivity index (χ0n) is 15.3. The summed E-state index contributed by atoms with van der Waals surface area (Å²) in [4.78, 5) is 17.6. The van der Waals surface area contributed by atoms with Crippen LogP contribution in [0.1, 0.15) is 21.5 Å². The predicted octanol–water partition coefficient (Wildman–Crippen LogP) is 7.14. The lowest BCUT2D eigenvalue weighted by molar-refractivity contribution is -0.137. The van der Waals surface area contributed by atoms with Crippen molar-refractivity contribution >= 4 is 50.3 Å². The summed E-state index contributed by atoms with van der Waals surface area (Å²) in [5.74, 6) is -0.384. The van der Waals surface area contributed by atoms with Crippen molar-refractivity contribution in [3.8, 4) is 0 Å². The molecule has 8 heteroatoms. The minimum atomic E-state index is -4.49. The van der Waals surface area contributed by atoms with Crippen LogP contribution < -0.4 is 5.32 Å². The van der Waals surface area contributed by atoms with Crippen molar-refractivity contribution in [2.45, 2.75) is 12.6 Å². The molecule has 30 heavy (non-hydrogen) atoms. The molecule has 2 aromatic heterocycles. The number of alkyl halides is 3. The van der Waals surface area contributed by atoms with Crippen molar-refractivity contribution in [1.29, 1.82) is 0 Å². The summed E-state index contributed by atoms with van der Waals surface area (Å²) in [7, 11) is 0. The summed E-state index contributed by atoms with van der Waals surface area (Å²) in [5, 5.41) is 6.49. The zero-order valence-corrected chi connectivity index (χ0v) is 16.9. The highest BCUT2D eigenvalue weighted by molar-refractivity contribution is 7.16. The van der Waals surface area contributed by atoms with E-state index in [1.165, 1.54) is 23.5 Å². The molecule has 0 aliphatic carbocycles. The minimum absolute atomic E-state index is 0.0121. The van der Waals surface area contributed by atoms with Gasteiger partial charge in [-0.1, -0.05) is 35.9 Å². The first-order valence-electron chi connectivity index (χ1n) is 8.90. The number of ketones is 1. The van der Waals surface area contributed by atoms with Gasteiger partial charge < -0.3 is 5.32 Å². The number of benzene rings is 2. The number of carbonyl (C=O) groups excluding carboxylic acids is 1. The largest absolute Gasteiger partial charge is 0.416 e. The first kappa shape index (κ1) is 20.4. The van der Waals surface area contributed by atoms with Crippen LogP contribution >= 0.6 is 22.9 Å². The van der Waals surface area contributed by atoms with Gasteiger partial charge in [-0.2, -0.15) is 13.2 Å². The van der Waals surface area contributed by atoms with Crippen LogP contribution in [0.25, 0.3) is 10.2 Å². The molecule has 1 N–H and O–H groups in total. The number of hydrogen-bond acceptors (Lipinski definition) is 4. The Hall–Kier alpha value is -2.90. The van der Waals surface area contributed by atoms with Gasteiger partial charge in [0, 0.05) is 23.1 Å². The lowest BCUT2D eigenvalue weighted by Gasteiger charge is -2.11. The smallest absolute Gasteiger partial charge is 0.355 e. The molecule has 0 amide bonds. The van der Waals surface area contributed by atoms with Crippen molar-refractivity contribution in [2.75, 3.05) is 5.32 Å². The molecule has 3 nitrogen and oxygen atoms in total. The van der Waals surface area contributed by atoms with Gasteiger partial charge in [-0.15, -0.1) is 11.3 Å². The fraction of sp³-hybridized carbons (Fsp3) is 0.0909. The van der Waals surface area contributed by atoms with E-state index >= 15 is 0 Å². The molecule has 4 rings (SSSR count). The van der Waals surface area contributed by atoms with E-state index in [0.29, 0.717) is 10.7 Å². The van der Waals surface area contributed by atoms with Crippen molar-refractivity contribution < 1.29 is 18.0 Å². The van der Waals surface area contributed by atoms with E-state index in [9.17, 15) is 18.0 Å². The Morgan fingerprint density at radius 1 is 1.07 bits per heavy atom. The molecule has 0 fully saturated rings. The fourth-order valence-electron chi connectivity index (χ4n) is 3.09. The SMILES string of the molecule is O=C(Cc1cccc(Nc2cc(Cl)nc3sccc23)c1)c1cccc(C(F)(F)F)c1. The molecule has 0 unspecified atom stereocenters. The summed E-state index contributed by atoms with van der Waals surface area (Å²) >= 11 is 7.57. The Kier molecular flexibility index (Phi) is 5.49. The lowest BCUT2D eigenvalue weighted by Crippen LogP contribution is -2.09. The van der Waals surface area contributed by atoms with Crippen LogP contribution in [0.5, 0.6) is 0 Å². The molecule has 2 aromatic carbocycles. The fourth-order valence-corrected chi connectivity index (χ4v) is 4.13. The molecule has 0 spiro atoms. The van der Waals surface area contributed by atoms with Crippen molar-refractivity contribution in [3.05, 3.63) is 87.9 Å². The topological polar surface area (TPSA) is 42.0 Å². The molecule has 152 valence electrons. The average Bonchev–Trinajstić information content (AvgIpc) is 3.16. The van der Waals surface area contributed by atoms with Crippen molar-refractivity contribution in [3.63, 3.8) is 0 Å². The number of pyridine rings is 1. The summed E-state index contributed by atoms with van der Waals surface area (Å²) < 4.78 is 38.7. The van der Waals surface area contributed by atoms with Crippen LogP contribution in [0, 0.1) is 0 Å². The van der Waals surface area contributed by atoms with Crippen LogP contribution in [0.2, 0.25) is 5.15 Å². The van der Waals surface area contributed by atoms with E-state index in [-0.39, 0.29) is 17.8 Å². The minimum Gasteiger partial charge on any atom is -0.355 e. The third kappa shape index (κ3) is 4.47. The normalized spacial score (nSPS) is 11.6. The molecular weight excluding hydrogens is 433 g/mol. The molecule has 0 radical (unpaired) electrons. The standard InChI is InChI=1S/C22H14ClF3N2OS/c23-20-12-18(17-7-8-30-21(17)28-20)27-16-6-1-3-13(9-16)10-19(29)14-4-2-5-15(11-14)22(24,25)26/h1-9,11-12H,10H2,(H,27,28). The Morgan fingerprint density at radius 3 is 2.67 bits per heavy atom. The third-order valence-electron chi connectivity index (χ3n) is 4.49. The third-order valence-corrected chi connectivity index (χ3v) is 5.49. The zero-order chi connectivity index (χ0) is 21.3. The molecule has 0 atom stereocenters. The maximum Gasteiger partial charge on any atom is 0.416 e. The van der Waals surface area contributed by atoms with Gasteiger partial charge in [0.05, 0.1) is 11.3 Å². The summed E-state index contributed by atoms with van der Waals surface area (Å²) in [5.41, 5.74) is 1.40. The van der Waals surface area contributed by atoms with E-state index in [1.807, 2.05) is 17.5 Å². The molecule has 0 aliphatic heterocycles. The van der Waals surface area contributed by atoms with E-state index < -0.39 is 11.7 Å². The Balaban J connectivity index is 1.55. The van der Waals surface area contributed by atoms with Gasteiger partial charge in [-0.05, 0) is 47.3 Å². The number of rotatable bonds is 5. The van der Waals surface area contributed by atoms with Gasteiger partial charge >= 0.3 is 6.18 Å². The van der Waals surface area contributed by atoms with E-state index in [2.05, 4.69) is 10.3 Å². The molecule has 0 aliphatic rings. The van der Waals surface area contributed by atoms with Gasteiger partial charge in [0.2, 0.25) is 0 Å². The van der Waals surface area contributed by atoms with Gasteiger partial charge in [-0.25, -0.2) is 4.98 Å². The Labute approximate surface area is 179 Å². The highest BCUT2D eigenvalue weighted by Crippen LogP contribution is 2.32. The molecular formula is C22H14ClF3N2OS. The number of hydrogen-bond donors (Lipinski definition) is 1. The second-order valence-electron chi connectivity index (χ2n) is 6.64. The Morgan fingerprint density at radius 2 is 1.87 bits per heavy atom. The van der Waals surface area contributed by atoms with Gasteiger partial charge in [0.25, 0.3) is 0 Å². The lowest BCUT2D eigenvalue weighted by atomic mass is 10.0. The monoisotopic (exact) mass is 446 g/mol. The number of thiophene rings is 1. The highest BCUT2D eigenvalue weighted by atomic mass is 35.5. The quantitative estimate of drug-likeness (QED) is 0.262. The van der Waals surface area contributed by atoms with Crippen LogP contribution in [0.4, 0.5) is 24.5 Å². The Bertz CT molecular complexity index is 1240. The molecule has 2 heterocycles. The number of carbonyl (C=O) groups is 1. The van der Waals surface area contributed by atoms with Crippen LogP contribution in [-0.4, -0.2) is 10.8 Å². The molecule has 0 saturated carbocycles. The summed E-state index contributed by atoms with van der Waals surface area (Å²) in [6.07, 6.45) is -4.50. The van der Waals surface area contributed by atoms with Crippen molar-refractivity contribution in [1.82, 2.24) is 4.98 Å². The molecule has 0 bridgehead atoms. The summed E-state index contributed by atoms with van der Waals surface area (Å²) in [6, 6.07) is 15.3. The second-order valence-corrected chi connectivity index (χ2v) is 7.92. The van der Waals surface area contributed by atoms with E-state index in [4.69, 9.17) is 11.6 Å².